The Morgan fingerprint density at radius 3 is 2.75 bits per heavy atom. The number of ether oxygens (including phenoxy) is 1. The van der Waals surface area contributed by atoms with E-state index in [0.29, 0.717) is 0 Å². The van der Waals surface area contributed by atoms with Crippen molar-refractivity contribution in [3.8, 4) is 0 Å². The molecule has 0 aromatic carbocycles. The van der Waals surface area contributed by atoms with Crippen molar-refractivity contribution in [3.05, 3.63) is 21.3 Å². The normalized spacial score (nSPS) is 20.4. The Kier molecular flexibility index (Phi) is 3.87. The summed E-state index contributed by atoms with van der Waals surface area (Å²) in [5.41, 5.74) is 2.88. The quantitative estimate of drug-likeness (QED) is 0.632. The van der Waals surface area contributed by atoms with Crippen molar-refractivity contribution in [2.75, 3.05) is 7.11 Å². The standard InChI is InChI=1S/C11H17ClN2OS/c1-15-11(5-2-6-11)7-8(14-13)9-3-4-10(12)16-9/h3-4,8,14H,2,5-7,13H2,1H3. The summed E-state index contributed by atoms with van der Waals surface area (Å²) in [6.45, 7) is 0. The molecule has 90 valence electrons. The average molecular weight is 261 g/mol. The number of hydrazine groups is 1. The van der Waals surface area contributed by atoms with Gasteiger partial charge in [0.2, 0.25) is 0 Å². The first-order valence-electron chi connectivity index (χ1n) is 5.46. The Hall–Kier alpha value is -0.130. The summed E-state index contributed by atoms with van der Waals surface area (Å²) in [6, 6.07) is 4.07. The molecule has 0 saturated heterocycles. The van der Waals surface area contributed by atoms with Crippen molar-refractivity contribution in [1.82, 2.24) is 5.43 Å². The molecule has 3 nitrogen and oxygen atoms in total. The van der Waals surface area contributed by atoms with Gasteiger partial charge in [0.25, 0.3) is 0 Å². The molecule has 1 aromatic heterocycles. The Morgan fingerprint density at radius 1 is 1.62 bits per heavy atom. The molecule has 1 aromatic rings. The van der Waals surface area contributed by atoms with Gasteiger partial charge in [-0.1, -0.05) is 11.6 Å². The summed E-state index contributed by atoms with van der Waals surface area (Å²) < 4.78 is 6.41. The van der Waals surface area contributed by atoms with E-state index in [-0.39, 0.29) is 11.6 Å². The Labute approximate surface area is 105 Å². The number of hydrogen-bond donors (Lipinski definition) is 2. The van der Waals surface area contributed by atoms with Crippen LogP contribution in [0.15, 0.2) is 12.1 Å². The van der Waals surface area contributed by atoms with Crippen LogP contribution in [-0.4, -0.2) is 12.7 Å². The van der Waals surface area contributed by atoms with Gasteiger partial charge in [-0.2, -0.15) is 0 Å². The van der Waals surface area contributed by atoms with Gasteiger partial charge in [0.15, 0.2) is 0 Å². The molecule has 1 saturated carbocycles. The van der Waals surface area contributed by atoms with Gasteiger partial charge in [0, 0.05) is 12.0 Å². The summed E-state index contributed by atoms with van der Waals surface area (Å²) in [4.78, 5) is 1.18. The maximum Gasteiger partial charge on any atom is 0.0931 e. The molecule has 0 spiro atoms. The van der Waals surface area contributed by atoms with Gasteiger partial charge in [-0.05, 0) is 37.8 Å². The molecule has 1 atom stereocenters. The summed E-state index contributed by atoms with van der Waals surface area (Å²) in [6.07, 6.45) is 4.41. The second kappa shape index (κ2) is 5.02. The maximum absolute atomic E-state index is 5.93. The van der Waals surface area contributed by atoms with Crippen molar-refractivity contribution >= 4 is 22.9 Å². The van der Waals surface area contributed by atoms with Gasteiger partial charge < -0.3 is 4.74 Å². The van der Waals surface area contributed by atoms with E-state index in [0.717, 1.165) is 23.6 Å². The van der Waals surface area contributed by atoms with Crippen LogP contribution >= 0.6 is 22.9 Å². The summed E-state index contributed by atoms with van der Waals surface area (Å²) in [5, 5.41) is 0. The maximum atomic E-state index is 5.93. The van der Waals surface area contributed by atoms with E-state index in [1.54, 1.807) is 18.4 Å². The Bertz CT molecular complexity index is 346. The van der Waals surface area contributed by atoms with Crippen LogP contribution in [0.2, 0.25) is 4.34 Å². The fraction of sp³-hybridized carbons (Fsp3) is 0.636. The number of nitrogens with two attached hydrogens (primary N) is 1. The third kappa shape index (κ3) is 2.41. The van der Waals surface area contributed by atoms with Crippen LogP contribution in [0.4, 0.5) is 0 Å². The van der Waals surface area contributed by atoms with Crippen molar-refractivity contribution in [3.63, 3.8) is 0 Å². The second-order valence-electron chi connectivity index (χ2n) is 4.31. The van der Waals surface area contributed by atoms with Crippen LogP contribution in [0.5, 0.6) is 0 Å². The van der Waals surface area contributed by atoms with Crippen molar-refractivity contribution in [2.45, 2.75) is 37.3 Å². The number of hydrogen-bond acceptors (Lipinski definition) is 4. The molecule has 1 heterocycles. The first kappa shape index (κ1) is 12.3. The molecule has 2 rings (SSSR count). The van der Waals surface area contributed by atoms with Gasteiger partial charge in [0.1, 0.15) is 0 Å². The lowest BCUT2D eigenvalue weighted by atomic mass is 9.75. The summed E-state index contributed by atoms with van der Waals surface area (Å²) in [5.74, 6) is 5.61. The lowest BCUT2D eigenvalue weighted by Crippen LogP contribution is -2.43. The first-order chi connectivity index (χ1) is 7.69. The zero-order valence-corrected chi connectivity index (χ0v) is 10.9. The van der Waals surface area contributed by atoms with E-state index in [2.05, 4.69) is 5.43 Å². The van der Waals surface area contributed by atoms with Crippen LogP contribution in [0.1, 0.15) is 36.6 Å². The topological polar surface area (TPSA) is 47.3 Å². The van der Waals surface area contributed by atoms with Crippen molar-refractivity contribution in [1.29, 1.82) is 0 Å². The molecule has 1 unspecified atom stereocenters. The van der Waals surface area contributed by atoms with Gasteiger partial charge >= 0.3 is 0 Å². The van der Waals surface area contributed by atoms with E-state index in [1.165, 1.54) is 11.3 Å². The minimum atomic E-state index is 0.0213. The number of methoxy groups -OCH3 is 1. The molecule has 16 heavy (non-hydrogen) atoms. The summed E-state index contributed by atoms with van der Waals surface area (Å²) >= 11 is 7.51. The number of halogens is 1. The van der Waals surface area contributed by atoms with E-state index in [9.17, 15) is 0 Å². The van der Waals surface area contributed by atoms with Crippen LogP contribution < -0.4 is 11.3 Å². The van der Waals surface area contributed by atoms with Crippen LogP contribution in [0.3, 0.4) is 0 Å². The van der Waals surface area contributed by atoms with Crippen LogP contribution in [-0.2, 0) is 4.74 Å². The minimum Gasteiger partial charge on any atom is -0.378 e. The zero-order chi connectivity index (χ0) is 11.6. The SMILES string of the molecule is COC1(CC(NN)c2ccc(Cl)s2)CCC1. The number of rotatable bonds is 5. The Balaban J connectivity index is 2.05. The van der Waals surface area contributed by atoms with Gasteiger partial charge in [-0.25, -0.2) is 0 Å². The predicted molar refractivity (Wildman–Crippen MR) is 67.6 cm³/mol. The fourth-order valence-electron chi connectivity index (χ4n) is 2.19. The third-order valence-electron chi connectivity index (χ3n) is 3.41. The number of thiophene rings is 1. The van der Waals surface area contributed by atoms with Gasteiger partial charge in [-0.15, -0.1) is 11.3 Å². The van der Waals surface area contributed by atoms with E-state index in [4.69, 9.17) is 22.2 Å². The van der Waals surface area contributed by atoms with Crippen LogP contribution in [0, 0.1) is 0 Å². The van der Waals surface area contributed by atoms with E-state index >= 15 is 0 Å². The molecule has 1 aliphatic rings. The lowest BCUT2D eigenvalue weighted by molar-refractivity contribution is -0.0836. The van der Waals surface area contributed by atoms with Crippen molar-refractivity contribution in [2.24, 2.45) is 5.84 Å². The predicted octanol–water partition coefficient (Wildman–Crippen LogP) is 2.87. The molecule has 3 N–H and O–H groups in total. The molecule has 0 amide bonds. The molecule has 0 bridgehead atoms. The first-order valence-corrected chi connectivity index (χ1v) is 6.65. The summed E-state index contributed by atoms with van der Waals surface area (Å²) in [7, 11) is 1.79. The highest BCUT2D eigenvalue weighted by Crippen LogP contribution is 2.42. The molecular formula is C11H17ClN2OS. The Morgan fingerprint density at radius 2 is 2.38 bits per heavy atom. The largest absolute Gasteiger partial charge is 0.378 e. The highest BCUT2D eigenvalue weighted by Gasteiger charge is 2.39. The molecule has 0 radical (unpaired) electrons. The molecule has 0 aliphatic heterocycles. The monoisotopic (exact) mass is 260 g/mol. The number of nitrogens with one attached hydrogen (secondary N) is 1. The zero-order valence-electron chi connectivity index (χ0n) is 9.33. The second-order valence-corrected chi connectivity index (χ2v) is 6.05. The smallest absolute Gasteiger partial charge is 0.0931 e. The van der Waals surface area contributed by atoms with Gasteiger partial charge in [-0.3, -0.25) is 11.3 Å². The minimum absolute atomic E-state index is 0.0213. The molecule has 5 heteroatoms. The third-order valence-corrected chi connectivity index (χ3v) is 4.76. The lowest BCUT2D eigenvalue weighted by Gasteiger charge is -2.42. The van der Waals surface area contributed by atoms with Gasteiger partial charge in [0.05, 0.1) is 16.0 Å². The fourth-order valence-corrected chi connectivity index (χ4v) is 3.31. The van der Waals surface area contributed by atoms with Crippen molar-refractivity contribution < 1.29 is 4.74 Å². The molecular weight excluding hydrogens is 244 g/mol. The molecule has 1 fully saturated rings. The highest BCUT2D eigenvalue weighted by molar-refractivity contribution is 7.16. The van der Waals surface area contributed by atoms with Crippen LogP contribution in [0.25, 0.3) is 0 Å². The van der Waals surface area contributed by atoms with E-state index in [1.807, 2.05) is 12.1 Å². The average Bonchev–Trinajstić information content (AvgIpc) is 2.65. The molecule has 1 aliphatic carbocycles. The van der Waals surface area contributed by atoms with E-state index < -0.39 is 0 Å². The highest BCUT2D eigenvalue weighted by atomic mass is 35.5.